The number of nitrogens with zero attached hydrogens (tertiary/aromatic N) is 1. The van der Waals surface area contributed by atoms with Gasteiger partial charge in [0.2, 0.25) is 0 Å². The van der Waals surface area contributed by atoms with Gasteiger partial charge in [-0.1, -0.05) is 24.3 Å². The molecule has 1 amide bonds. The molecule has 2 aromatic carbocycles. The summed E-state index contributed by atoms with van der Waals surface area (Å²) in [5.41, 5.74) is 1.47. The van der Waals surface area contributed by atoms with E-state index in [1.807, 2.05) is 18.2 Å². The van der Waals surface area contributed by atoms with Crippen LogP contribution in [0.5, 0.6) is 11.5 Å². The third-order valence-electron chi connectivity index (χ3n) is 3.67. The molecule has 0 N–H and O–H groups in total. The van der Waals surface area contributed by atoms with Gasteiger partial charge in [0, 0.05) is 18.8 Å². The van der Waals surface area contributed by atoms with Crippen LogP contribution in [0.2, 0.25) is 0 Å². The lowest BCUT2D eigenvalue weighted by atomic mass is 10.2. The molecule has 0 atom stereocenters. The van der Waals surface area contributed by atoms with E-state index in [0.29, 0.717) is 11.5 Å². The molecule has 0 bridgehead atoms. The molecule has 0 aliphatic carbocycles. The zero-order valence-electron chi connectivity index (χ0n) is 15.0. The zero-order valence-corrected chi connectivity index (χ0v) is 15.0. The van der Waals surface area contributed by atoms with E-state index in [1.165, 1.54) is 18.1 Å². The van der Waals surface area contributed by atoms with Gasteiger partial charge < -0.3 is 19.1 Å². The van der Waals surface area contributed by atoms with Crippen molar-refractivity contribution in [3.05, 3.63) is 60.2 Å². The number of hydrogen-bond acceptors (Lipinski definition) is 5. The molecule has 26 heavy (non-hydrogen) atoms. The Morgan fingerprint density at radius 1 is 1.00 bits per heavy atom. The van der Waals surface area contributed by atoms with Gasteiger partial charge >= 0.3 is 5.97 Å². The molecule has 0 spiro atoms. The Kier molecular flexibility index (Phi) is 6.79. The van der Waals surface area contributed by atoms with Gasteiger partial charge in [0.05, 0.1) is 14.2 Å². The van der Waals surface area contributed by atoms with Crippen molar-refractivity contribution in [3.63, 3.8) is 0 Å². The highest BCUT2D eigenvalue weighted by Gasteiger charge is 2.12. The normalized spacial score (nSPS) is 10.4. The smallest absolute Gasteiger partial charge is 0.331 e. The maximum Gasteiger partial charge on any atom is 0.331 e. The Hall–Kier alpha value is -3.28. The zero-order chi connectivity index (χ0) is 18.9. The van der Waals surface area contributed by atoms with Gasteiger partial charge in [0.25, 0.3) is 5.91 Å². The maximum absolute atomic E-state index is 12.1. The molecule has 6 heteroatoms. The van der Waals surface area contributed by atoms with Crippen molar-refractivity contribution in [2.24, 2.45) is 0 Å². The second kappa shape index (κ2) is 9.27. The molecular formula is C20H21NO5. The van der Waals surface area contributed by atoms with E-state index in [-0.39, 0.29) is 12.5 Å². The molecule has 0 saturated carbocycles. The molecule has 0 aliphatic rings. The van der Waals surface area contributed by atoms with E-state index >= 15 is 0 Å². The predicted molar refractivity (Wildman–Crippen MR) is 99.4 cm³/mol. The summed E-state index contributed by atoms with van der Waals surface area (Å²) in [7, 11) is 4.72. The van der Waals surface area contributed by atoms with Gasteiger partial charge in [-0.05, 0) is 35.9 Å². The van der Waals surface area contributed by atoms with E-state index in [2.05, 4.69) is 0 Å². The third kappa shape index (κ3) is 5.11. The lowest BCUT2D eigenvalue weighted by Gasteiger charge is -2.16. The van der Waals surface area contributed by atoms with Crippen LogP contribution in [0.25, 0.3) is 6.08 Å². The van der Waals surface area contributed by atoms with E-state index < -0.39 is 5.97 Å². The number of para-hydroxylation sites is 1. The Labute approximate surface area is 152 Å². The Balaban J connectivity index is 1.90. The van der Waals surface area contributed by atoms with Crippen LogP contribution in [0.4, 0.5) is 5.69 Å². The average molecular weight is 355 g/mol. The molecule has 0 unspecified atom stereocenters. The van der Waals surface area contributed by atoms with Gasteiger partial charge in [0.1, 0.15) is 0 Å². The number of esters is 1. The largest absolute Gasteiger partial charge is 0.493 e. The summed E-state index contributed by atoms with van der Waals surface area (Å²) in [4.78, 5) is 25.3. The minimum Gasteiger partial charge on any atom is -0.493 e. The van der Waals surface area contributed by atoms with Crippen molar-refractivity contribution >= 4 is 23.6 Å². The number of anilines is 1. The summed E-state index contributed by atoms with van der Waals surface area (Å²) < 4.78 is 15.4. The minimum absolute atomic E-state index is 0.316. The first kappa shape index (κ1) is 19.1. The molecule has 0 fully saturated rings. The van der Waals surface area contributed by atoms with Crippen molar-refractivity contribution < 1.29 is 23.8 Å². The summed E-state index contributed by atoms with van der Waals surface area (Å²) in [5, 5.41) is 0. The molecular weight excluding hydrogens is 334 g/mol. The van der Waals surface area contributed by atoms with Crippen LogP contribution in [0.1, 0.15) is 5.56 Å². The van der Waals surface area contributed by atoms with Crippen LogP contribution in [-0.2, 0) is 14.3 Å². The van der Waals surface area contributed by atoms with Gasteiger partial charge in [-0.2, -0.15) is 0 Å². The number of rotatable bonds is 7. The molecule has 0 saturated heterocycles. The van der Waals surface area contributed by atoms with Crippen molar-refractivity contribution in [2.45, 2.75) is 0 Å². The number of carbonyl (C=O) groups is 2. The molecule has 0 radical (unpaired) electrons. The highest BCUT2D eigenvalue weighted by atomic mass is 16.5. The van der Waals surface area contributed by atoms with E-state index in [0.717, 1.165) is 11.3 Å². The monoisotopic (exact) mass is 355 g/mol. The first-order chi connectivity index (χ1) is 12.5. The van der Waals surface area contributed by atoms with Crippen LogP contribution >= 0.6 is 0 Å². The van der Waals surface area contributed by atoms with Crippen molar-refractivity contribution in [1.29, 1.82) is 0 Å². The van der Waals surface area contributed by atoms with E-state index in [1.54, 1.807) is 50.6 Å². The second-order valence-corrected chi connectivity index (χ2v) is 5.34. The fraction of sp³-hybridized carbons (Fsp3) is 0.200. The summed E-state index contributed by atoms with van der Waals surface area (Å²) in [5.74, 6) is 0.239. The summed E-state index contributed by atoms with van der Waals surface area (Å²) in [6, 6.07) is 14.4. The van der Waals surface area contributed by atoms with Gasteiger partial charge in [-0.3, -0.25) is 4.79 Å². The van der Waals surface area contributed by atoms with Gasteiger partial charge in [-0.15, -0.1) is 0 Å². The highest BCUT2D eigenvalue weighted by Crippen LogP contribution is 2.27. The molecule has 6 nitrogen and oxygen atoms in total. The molecule has 0 heterocycles. The molecule has 2 aromatic rings. The number of ether oxygens (including phenoxy) is 3. The second-order valence-electron chi connectivity index (χ2n) is 5.34. The molecule has 136 valence electrons. The van der Waals surface area contributed by atoms with Crippen molar-refractivity contribution in [3.8, 4) is 11.5 Å². The summed E-state index contributed by atoms with van der Waals surface area (Å²) in [6.45, 7) is -0.333. The number of likely N-dealkylation sites (N-methyl/N-ethyl adjacent to an activating group) is 1. The fourth-order valence-corrected chi connectivity index (χ4v) is 2.19. The average Bonchev–Trinajstić information content (AvgIpc) is 2.70. The first-order valence-electron chi connectivity index (χ1n) is 7.93. The lowest BCUT2D eigenvalue weighted by molar-refractivity contribution is -0.142. The minimum atomic E-state index is -0.602. The molecule has 2 rings (SSSR count). The third-order valence-corrected chi connectivity index (χ3v) is 3.67. The van der Waals surface area contributed by atoms with Crippen LogP contribution in [0.15, 0.2) is 54.6 Å². The molecule has 0 aromatic heterocycles. The first-order valence-corrected chi connectivity index (χ1v) is 7.93. The number of methoxy groups -OCH3 is 2. The van der Waals surface area contributed by atoms with Gasteiger partial charge in [-0.25, -0.2) is 4.79 Å². The fourth-order valence-electron chi connectivity index (χ4n) is 2.19. The van der Waals surface area contributed by atoms with Crippen molar-refractivity contribution in [2.75, 3.05) is 32.8 Å². The van der Waals surface area contributed by atoms with E-state index in [4.69, 9.17) is 14.2 Å². The summed E-state index contributed by atoms with van der Waals surface area (Å²) >= 11 is 0. The number of amides is 1. The Morgan fingerprint density at radius 3 is 2.35 bits per heavy atom. The van der Waals surface area contributed by atoms with Crippen LogP contribution in [0.3, 0.4) is 0 Å². The summed E-state index contributed by atoms with van der Waals surface area (Å²) in [6.07, 6.45) is 2.84. The highest BCUT2D eigenvalue weighted by molar-refractivity contribution is 5.96. The van der Waals surface area contributed by atoms with Crippen LogP contribution < -0.4 is 14.4 Å². The van der Waals surface area contributed by atoms with Crippen LogP contribution in [-0.4, -0.2) is 39.8 Å². The van der Waals surface area contributed by atoms with Crippen molar-refractivity contribution in [1.82, 2.24) is 0 Å². The number of carbonyl (C=O) groups excluding carboxylic acids is 2. The molecule has 0 aliphatic heterocycles. The quantitative estimate of drug-likeness (QED) is 0.564. The van der Waals surface area contributed by atoms with Gasteiger partial charge in [0.15, 0.2) is 18.1 Å². The topological polar surface area (TPSA) is 65.1 Å². The maximum atomic E-state index is 12.1. The Bertz CT molecular complexity index is 786. The SMILES string of the molecule is COc1ccc(C=CC(=O)OCC(=O)N(C)c2ccccc2)cc1OC. The Morgan fingerprint density at radius 2 is 1.69 bits per heavy atom. The number of hydrogen-bond donors (Lipinski definition) is 0. The number of benzene rings is 2. The lowest BCUT2D eigenvalue weighted by Crippen LogP contribution is -2.30. The van der Waals surface area contributed by atoms with Crippen LogP contribution in [0, 0.1) is 0 Å². The predicted octanol–water partition coefficient (Wildman–Crippen LogP) is 2.92. The van der Waals surface area contributed by atoms with E-state index in [9.17, 15) is 9.59 Å². The standard InChI is InChI=1S/C20H21NO5/c1-21(16-7-5-4-6-8-16)19(22)14-26-20(23)12-10-15-9-11-17(24-2)18(13-15)25-3/h4-13H,14H2,1-3H3.